The van der Waals surface area contributed by atoms with Gasteiger partial charge in [0.05, 0.1) is 0 Å². The Labute approximate surface area is 157 Å². The lowest BCUT2D eigenvalue weighted by Gasteiger charge is -2.15. The number of fused-ring (bicyclic) bond motifs is 1. The molecule has 0 spiro atoms. The predicted octanol–water partition coefficient (Wildman–Crippen LogP) is 3.20. The van der Waals surface area contributed by atoms with Gasteiger partial charge in [-0.1, -0.05) is 42.1 Å². The second-order valence-corrected chi connectivity index (χ2v) is 7.46. The van der Waals surface area contributed by atoms with Gasteiger partial charge in [-0.2, -0.15) is 9.50 Å². The van der Waals surface area contributed by atoms with Gasteiger partial charge >= 0.3 is 0 Å². The van der Waals surface area contributed by atoms with E-state index in [1.165, 1.54) is 31.5 Å². The van der Waals surface area contributed by atoms with Gasteiger partial charge in [0.25, 0.3) is 5.78 Å². The maximum atomic E-state index is 6.01. The molecule has 1 saturated heterocycles. The molecule has 136 valence electrons. The summed E-state index contributed by atoms with van der Waals surface area (Å²) < 4.78 is 7.72. The van der Waals surface area contributed by atoms with Gasteiger partial charge in [-0.25, -0.2) is 4.98 Å². The number of hydrogen-bond acceptors (Lipinski definition) is 6. The summed E-state index contributed by atoms with van der Waals surface area (Å²) in [5.74, 6) is 2.14. The van der Waals surface area contributed by atoms with E-state index in [2.05, 4.69) is 32.1 Å². The van der Waals surface area contributed by atoms with Gasteiger partial charge in [-0.3, -0.25) is 4.90 Å². The first-order valence-corrected chi connectivity index (χ1v) is 10.0. The van der Waals surface area contributed by atoms with E-state index in [4.69, 9.17) is 4.74 Å². The lowest BCUT2D eigenvalue weighted by molar-refractivity contribution is 0.227. The zero-order valence-electron chi connectivity index (χ0n) is 15.0. The molecule has 0 N–H and O–H groups in total. The zero-order valence-corrected chi connectivity index (χ0v) is 15.8. The maximum absolute atomic E-state index is 6.01. The van der Waals surface area contributed by atoms with Crippen molar-refractivity contribution in [2.45, 2.75) is 30.7 Å². The summed E-state index contributed by atoms with van der Waals surface area (Å²) in [7, 11) is 0. The second-order valence-electron chi connectivity index (χ2n) is 6.51. The molecule has 0 saturated carbocycles. The highest BCUT2D eigenvalue weighted by atomic mass is 32.2. The van der Waals surface area contributed by atoms with Crippen LogP contribution < -0.4 is 4.74 Å². The van der Waals surface area contributed by atoms with E-state index in [9.17, 15) is 0 Å². The maximum Gasteiger partial charge on any atom is 0.256 e. The minimum Gasteiger partial charge on any atom is -0.476 e. The van der Waals surface area contributed by atoms with Crippen molar-refractivity contribution in [3.63, 3.8) is 0 Å². The molecule has 1 aliphatic rings. The van der Waals surface area contributed by atoms with Gasteiger partial charge in [0.1, 0.15) is 6.61 Å². The first kappa shape index (κ1) is 17.3. The summed E-state index contributed by atoms with van der Waals surface area (Å²) in [6.45, 7) is 5.92. The van der Waals surface area contributed by atoms with Crippen LogP contribution in [0.2, 0.25) is 0 Å². The zero-order chi connectivity index (χ0) is 17.8. The average Bonchev–Trinajstić information content (AvgIpc) is 3.30. The highest BCUT2D eigenvalue weighted by molar-refractivity contribution is 7.98. The summed E-state index contributed by atoms with van der Waals surface area (Å²) in [6, 6.07) is 12.3. The summed E-state index contributed by atoms with van der Waals surface area (Å²) in [5.41, 5.74) is 2.14. The first-order chi connectivity index (χ1) is 12.8. The summed E-state index contributed by atoms with van der Waals surface area (Å²) >= 11 is 1.61. The summed E-state index contributed by atoms with van der Waals surface area (Å²) in [5, 5.41) is 5.31. The SMILES string of the molecule is Cc1cc(OCCN2CCCC2)n2nc(SCc3ccccc3)nc2n1. The van der Waals surface area contributed by atoms with Crippen LogP contribution in [0, 0.1) is 6.92 Å². The van der Waals surface area contributed by atoms with E-state index in [1.807, 2.05) is 31.2 Å². The molecule has 3 aromatic rings. The van der Waals surface area contributed by atoms with E-state index >= 15 is 0 Å². The van der Waals surface area contributed by atoms with Crippen LogP contribution in [-0.2, 0) is 5.75 Å². The Hall–Kier alpha value is -2.12. The molecular weight excluding hydrogens is 346 g/mol. The number of rotatable bonds is 7. The standard InChI is InChI=1S/C19H23N5OS/c1-15-13-17(25-12-11-23-9-5-6-10-23)24-18(20-15)21-19(22-24)26-14-16-7-3-2-4-8-16/h2-4,7-8,13H,5-6,9-12,14H2,1H3. The van der Waals surface area contributed by atoms with Gasteiger partial charge in [0.15, 0.2) is 0 Å². The normalized spacial score (nSPS) is 15.0. The Balaban J connectivity index is 1.45. The molecule has 0 amide bonds. The molecule has 1 aliphatic heterocycles. The number of nitrogens with zero attached hydrogens (tertiary/aromatic N) is 5. The number of ether oxygens (including phenoxy) is 1. The molecule has 3 heterocycles. The number of benzene rings is 1. The largest absolute Gasteiger partial charge is 0.476 e. The van der Waals surface area contributed by atoms with Gasteiger partial charge in [-0.05, 0) is 38.4 Å². The van der Waals surface area contributed by atoms with Crippen molar-refractivity contribution in [1.29, 1.82) is 0 Å². The minimum absolute atomic E-state index is 0.594. The fourth-order valence-electron chi connectivity index (χ4n) is 3.11. The van der Waals surface area contributed by atoms with Crippen LogP contribution in [0.5, 0.6) is 5.88 Å². The van der Waals surface area contributed by atoms with Crippen LogP contribution in [0.3, 0.4) is 0 Å². The number of aryl methyl sites for hydroxylation is 1. The lowest BCUT2D eigenvalue weighted by atomic mass is 10.2. The van der Waals surface area contributed by atoms with Crippen molar-refractivity contribution in [3.8, 4) is 5.88 Å². The molecule has 7 heteroatoms. The van der Waals surface area contributed by atoms with E-state index in [-0.39, 0.29) is 0 Å². The van der Waals surface area contributed by atoms with Crippen LogP contribution in [-0.4, -0.2) is 50.7 Å². The molecule has 0 unspecified atom stereocenters. The van der Waals surface area contributed by atoms with Crippen LogP contribution in [0.4, 0.5) is 0 Å². The Morgan fingerprint density at radius 2 is 1.92 bits per heavy atom. The van der Waals surface area contributed by atoms with Crippen molar-refractivity contribution < 1.29 is 4.74 Å². The molecule has 2 aromatic heterocycles. The van der Waals surface area contributed by atoms with E-state index < -0.39 is 0 Å². The highest BCUT2D eigenvalue weighted by Crippen LogP contribution is 2.22. The van der Waals surface area contributed by atoms with Crippen molar-refractivity contribution >= 4 is 17.5 Å². The Kier molecular flexibility index (Phi) is 5.36. The van der Waals surface area contributed by atoms with Crippen LogP contribution in [0.25, 0.3) is 5.78 Å². The quantitative estimate of drug-likeness (QED) is 0.596. The highest BCUT2D eigenvalue weighted by Gasteiger charge is 2.14. The fourth-order valence-corrected chi connectivity index (χ4v) is 3.88. The fraction of sp³-hybridized carbons (Fsp3) is 0.421. The van der Waals surface area contributed by atoms with E-state index in [0.717, 1.165) is 23.1 Å². The average molecular weight is 369 g/mol. The third kappa shape index (κ3) is 4.16. The van der Waals surface area contributed by atoms with E-state index in [1.54, 1.807) is 16.3 Å². The van der Waals surface area contributed by atoms with Gasteiger partial charge in [-0.15, -0.1) is 5.10 Å². The summed E-state index contributed by atoms with van der Waals surface area (Å²) in [4.78, 5) is 11.5. The van der Waals surface area contributed by atoms with Crippen molar-refractivity contribution in [2.75, 3.05) is 26.2 Å². The molecule has 0 aliphatic carbocycles. The number of likely N-dealkylation sites (tertiary alicyclic amines) is 1. The first-order valence-electron chi connectivity index (χ1n) is 9.04. The Morgan fingerprint density at radius 3 is 2.73 bits per heavy atom. The molecule has 0 bridgehead atoms. The lowest BCUT2D eigenvalue weighted by Crippen LogP contribution is -2.25. The van der Waals surface area contributed by atoms with Crippen molar-refractivity contribution in [3.05, 3.63) is 47.7 Å². The topological polar surface area (TPSA) is 55.6 Å². The molecule has 0 radical (unpaired) electrons. The molecular formula is C19H23N5OS. The third-order valence-electron chi connectivity index (χ3n) is 4.46. The smallest absolute Gasteiger partial charge is 0.256 e. The number of hydrogen-bond donors (Lipinski definition) is 0. The number of aromatic nitrogens is 4. The second kappa shape index (κ2) is 8.05. The van der Waals surface area contributed by atoms with Crippen molar-refractivity contribution in [1.82, 2.24) is 24.5 Å². The molecule has 1 fully saturated rings. The minimum atomic E-state index is 0.594. The van der Waals surface area contributed by atoms with Gasteiger partial charge < -0.3 is 4.74 Å². The summed E-state index contributed by atoms with van der Waals surface area (Å²) in [6.07, 6.45) is 2.59. The Bertz CT molecular complexity index is 861. The van der Waals surface area contributed by atoms with Crippen LogP contribution in [0.1, 0.15) is 24.1 Å². The Morgan fingerprint density at radius 1 is 1.12 bits per heavy atom. The van der Waals surface area contributed by atoms with Crippen LogP contribution in [0.15, 0.2) is 41.6 Å². The van der Waals surface area contributed by atoms with Crippen molar-refractivity contribution in [2.24, 2.45) is 0 Å². The third-order valence-corrected chi connectivity index (χ3v) is 5.36. The predicted molar refractivity (Wildman–Crippen MR) is 103 cm³/mol. The molecule has 26 heavy (non-hydrogen) atoms. The molecule has 4 rings (SSSR count). The molecule has 0 atom stereocenters. The van der Waals surface area contributed by atoms with Crippen LogP contribution >= 0.6 is 11.8 Å². The van der Waals surface area contributed by atoms with Gasteiger partial charge in [0, 0.05) is 24.1 Å². The molecule has 1 aromatic carbocycles. The number of thioether (sulfide) groups is 1. The monoisotopic (exact) mass is 369 g/mol. The van der Waals surface area contributed by atoms with E-state index in [0.29, 0.717) is 18.3 Å². The molecule has 6 nitrogen and oxygen atoms in total. The van der Waals surface area contributed by atoms with Gasteiger partial charge in [0.2, 0.25) is 11.0 Å².